The average molecular weight is 256 g/mol. The van der Waals surface area contributed by atoms with Crippen LogP contribution in [0.15, 0.2) is 0 Å². The van der Waals surface area contributed by atoms with Gasteiger partial charge in [-0.2, -0.15) is 0 Å². The SMILES string of the molecule is CN1CC(C)(C)N(CC2CCCO2)CC1CCO. The van der Waals surface area contributed by atoms with E-state index in [-0.39, 0.29) is 12.1 Å². The van der Waals surface area contributed by atoms with Gasteiger partial charge < -0.3 is 14.7 Å². The molecule has 2 heterocycles. The highest BCUT2D eigenvalue weighted by Gasteiger charge is 2.38. The molecule has 4 nitrogen and oxygen atoms in total. The molecule has 0 amide bonds. The lowest BCUT2D eigenvalue weighted by Crippen LogP contribution is -2.63. The number of nitrogens with zero attached hydrogens (tertiary/aromatic N) is 2. The molecule has 0 bridgehead atoms. The maximum atomic E-state index is 9.17. The molecular formula is C14H28N2O2. The Labute approximate surface area is 111 Å². The molecule has 18 heavy (non-hydrogen) atoms. The third-order valence-corrected chi connectivity index (χ3v) is 4.46. The van der Waals surface area contributed by atoms with E-state index in [1.165, 1.54) is 12.8 Å². The standard InChI is InChI=1S/C14H28N2O2/c1-14(2)11-15(3)12(6-7-17)9-16(14)10-13-5-4-8-18-13/h12-13,17H,4-11H2,1-3H3. The summed E-state index contributed by atoms with van der Waals surface area (Å²) in [6, 6.07) is 0.476. The predicted molar refractivity (Wildman–Crippen MR) is 72.7 cm³/mol. The van der Waals surface area contributed by atoms with Gasteiger partial charge in [0.2, 0.25) is 0 Å². The second-order valence-electron chi connectivity index (χ2n) is 6.43. The molecule has 2 rings (SSSR count). The smallest absolute Gasteiger partial charge is 0.0703 e. The summed E-state index contributed by atoms with van der Waals surface area (Å²) in [5.74, 6) is 0. The molecule has 2 atom stereocenters. The lowest BCUT2D eigenvalue weighted by atomic mass is 9.94. The summed E-state index contributed by atoms with van der Waals surface area (Å²) in [5.41, 5.74) is 0.201. The summed E-state index contributed by atoms with van der Waals surface area (Å²) in [5, 5.41) is 9.17. The summed E-state index contributed by atoms with van der Waals surface area (Å²) in [6.07, 6.45) is 3.70. The minimum Gasteiger partial charge on any atom is -0.396 e. The molecular weight excluding hydrogens is 228 g/mol. The van der Waals surface area contributed by atoms with Crippen molar-refractivity contribution < 1.29 is 9.84 Å². The molecule has 2 saturated heterocycles. The largest absolute Gasteiger partial charge is 0.396 e. The van der Waals surface area contributed by atoms with Crippen LogP contribution in [-0.2, 0) is 4.74 Å². The van der Waals surface area contributed by atoms with Crippen LogP contribution in [0.1, 0.15) is 33.1 Å². The highest BCUT2D eigenvalue weighted by atomic mass is 16.5. The van der Waals surface area contributed by atoms with E-state index in [4.69, 9.17) is 9.84 Å². The Morgan fingerprint density at radius 2 is 2.17 bits per heavy atom. The van der Waals surface area contributed by atoms with Crippen molar-refractivity contribution >= 4 is 0 Å². The lowest BCUT2D eigenvalue weighted by Gasteiger charge is -2.50. The molecule has 0 aliphatic carbocycles. The average Bonchev–Trinajstić information content (AvgIpc) is 2.77. The topological polar surface area (TPSA) is 35.9 Å². The third kappa shape index (κ3) is 3.23. The number of aliphatic hydroxyl groups excluding tert-OH is 1. The van der Waals surface area contributed by atoms with Crippen LogP contribution in [-0.4, -0.2) is 72.5 Å². The Kier molecular flexibility index (Phi) is 4.64. The van der Waals surface area contributed by atoms with E-state index in [0.29, 0.717) is 12.1 Å². The molecule has 2 unspecified atom stereocenters. The van der Waals surface area contributed by atoms with E-state index in [2.05, 4.69) is 30.7 Å². The Bertz CT molecular complexity index is 265. The van der Waals surface area contributed by atoms with Gasteiger partial charge in [0.25, 0.3) is 0 Å². The van der Waals surface area contributed by atoms with Gasteiger partial charge in [-0.1, -0.05) is 0 Å². The monoisotopic (exact) mass is 256 g/mol. The van der Waals surface area contributed by atoms with E-state index in [1.54, 1.807) is 0 Å². The van der Waals surface area contributed by atoms with Crippen LogP contribution in [0.2, 0.25) is 0 Å². The second-order valence-corrected chi connectivity index (χ2v) is 6.43. The number of piperazine rings is 1. The lowest BCUT2D eigenvalue weighted by molar-refractivity contribution is -0.0387. The predicted octanol–water partition coefficient (Wildman–Crippen LogP) is 0.942. The molecule has 0 saturated carbocycles. The highest BCUT2D eigenvalue weighted by molar-refractivity contribution is 4.94. The van der Waals surface area contributed by atoms with Crippen LogP contribution in [0.25, 0.3) is 0 Å². The van der Waals surface area contributed by atoms with Crippen LogP contribution in [0, 0.1) is 0 Å². The maximum Gasteiger partial charge on any atom is 0.0703 e. The second kappa shape index (κ2) is 5.87. The molecule has 2 fully saturated rings. The minimum absolute atomic E-state index is 0.201. The van der Waals surface area contributed by atoms with Gasteiger partial charge >= 0.3 is 0 Å². The van der Waals surface area contributed by atoms with Crippen LogP contribution in [0.5, 0.6) is 0 Å². The maximum absolute atomic E-state index is 9.17. The van der Waals surface area contributed by atoms with Gasteiger partial charge in [0.15, 0.2) is 0 Å². The zero-order valence-corrected chi connectivity index (χ0v) is 12.1. The molecule has 0 spiro atoms. The Morgan fingerprint density at radius 1 is 1.39 bits per heavy atom. The summed E-state index contributed by atoms with van der Waals surface area (Å²) >= 11 is 0. The number of rotatable bonds is 4. The Hall–Kier alpha value is -0.160. The first-order valence-corrected chi connectivity index (χ1v) is 7.20. The highest BCUT2D eigenvalue weighted by Crippen LogP contribution is 2.26. The number of hydrogen-bond donors (Lipinski definition) is 1. The number of likely N-dealkylation sites (N-methyl/N-ethyl adjacent to an activating group) is 1. The van der Waals surface area contributed by atoms with Gasteiger partial charge in [0.05, 0.1) is 6.10 Å². The summed E-state index contributed by atoms with van der Waals surface area (Å²) in [6.45, 7) is 8.99. The van der Waals surface area contributed by atoms with Gasteiger partial charge in [-0.25, -0.2) is 0 Å². The third-order valence-electron chi connectivity index (χ3n) is 4.46. The van der Waals surface area contributed by atoms with Crippen molar-refractivity contribution in [3.8, 4) is 0 Å². The summed E-state index contributed by atoms with van der Waals surface area (Å²) in [7, 11) is 2.17. The minimum atomic E-state index is 0.201. The molecule has 1 N–H and O–H groups in total. The zero-order chi connectivity index (χ0) is 13.2. The van der Waals surface area contributed by atoms with E-state index in [1.807, 2.05) is 0 Å². The van der Waals surface area contributed by atoms with Gasteiger partial charge in [0, 0.05) is 44.4 Å². The number of hydrogen-bond acceptors (Lipinski definition) is 4. The van der Waals surface area contributed by atoms with Crippen LogP contribution in [0.3, 0.4) is 0 Å². The quantitative estimate of drug-likeness (QED) is 0.812. The van der Waals surface area contributed by atoms with Crippen molar-refractivity contribution in [1.82, 2.24) is 9.80 Å². The van der Waals surface area contributed by atoms with Crippen molar-refractivity contribution in [2.75, 3.05) is 39.9 Å². The fraction of sp³-hybridized carbons (Fsp3) is 1.00. The van der Waals surface area contributed by atoms with Crippen LogP contribution < -0.4 is 0 Å². The van der Waals surface area contributed by atoms with E-state index >= 15 is 0 Å². The molecule has 0 aromatic heterocycles. The first-order chi connectivity index (χ1) is 8.53. The molecule has 0 radical (unpaired) electrons. The Morgan fingerprint density at radius 3 is 2.78 bits per heavy atom. The fourth-order valence-corrected chi connectivity index (χ4v) is 3.30. The molecule has 0 aromatic rings. The molecule has 2 aliphatic rings. The zero-order valence-electron chi connectivity index (χ0n) is 12.1. The van der Waals surface area contributed by atoms with Crippen molar-refractivity contribution in [2.24, 2.45) is 0 Å². The van der Waals surface area contributed by atoms with Crippen molar-refractivity contribution in [2.45, 2.75) is 50.8 Å². The van der Waals surface area contributed by atoms with Crippen LogP contribution >= 0.6 is 0 Å². The van der Waals surface area contributed by atoms with E-state index in [0.717, 1.165) is 32.7 Å². The van der Waals surface area contributed by atoms with Crippen molar-refractivity contribution in [3.63, 3.8) is 0 Å². The molecule has 106 valence electrons. The Balaban J connectivity index is 1.96. The summed E-state index contributed by atoms with van der Waals surface area (Å²) in [4.78, 5) is 4.95. The molecule has 0 aromatic carbocycles. The van der Waals surface area contributed by atoms with Gasteiger partial charge in [-0.05, 0) is 40.2 Å². The first-order valence-electron chi connectivity index (χ1n) is 7.20. The van der Waals surface area contributed by atoms with E-state index < -0.39 is 0 Å². The number of aliphatic hydroxyl groups is 1. The fourth-order valence-electron chi connectivity index (χ4n) is 3.30. The van der Waals surface area contributed by atoms with E-state index in [9.17, 15) is 0 Å². The normalized spacial score (nSPS) is 34.0. The van der Waals surface area contributed by atoms with Crippen molar-refractivity contribution in [1.29, 1.82) is 0 Å². The molecule has 4 heteroatoms. The van der Waals surface area contributed by atoms with Gasteiger partial charge in [-0.3, -0.25) is 4.90 Å². The van der Waals surface area contributed by atoms with Gasteiger partial charge in [0.1, 0.15) is 0 Å². The molecule has 2 aliphatic heterocycles. The number of ether oxygens (including phenoxy) is 1. The van der Waals surface area contributed by atoms with Crippen molar-refractivity contribution in [3.05, 3.63) is 0 Å². The van der Waals surface area contributed by atoms with Crippen LogP contribution in [0.4, 0.5) is 0 Å². The first kappa shape index (κ1) is 14.3. The summed E-state index contributed by atoms with van der Waals surface area (Å²) < 4.78 is 5.77. The van der Waals surface area contributed by atoms with Gasteiger partial charge in [-0.15, -0.1) is 0 Å².